The maximum absolute atomic E-state index is 12.7. The van der Waals surface area contributed by atoms with Crippen LogP contribution >= 0.6 is 11.6 Å². The molecular formula is C16H16ClN5O2. The summed E-state index contributed by atoms with van der Waals surface area (Å²) in [6, 6.07) is 5.44. The van der Waals surface area contributed by atoms with Crippen LogP contribution < -0.4 is 5.32 Å². The van der Waals surface area contributed by atoms with Crippen molar-refractivity contribution in [3.05, 3.63) is 40.7 Å². The van der Waals surface area contributed by atoms with Gasteiger partial charge in [0.05, 0.1) is 35.1 Å². The van der Waals surface area contributed by atoms with Crippen LogP contribution in [0.4, 0.5) is 5.95 Å². The van der Waals surface area contributed by atoms with Crippen LogP contribution in [0.3, 0.4) is 0 Å². The fraction of sp³-hybridized carbons (Fsp3) is 0.312. The molecule has 1 aliphatic rings. The Bertz CT molecular complexity index is 910. The third-order valence-corrected chi connectivity index (χ3v) is 4.55. The van der Waals surface area contributed by atoms with E-state index in [1.165, 1.54) is 0 Å². The Morgan fingerprint density at radius 1 is 1.50 bits per heavy atom. The molecule has 1 amide bonds. The Kier molecular flexibility index (Phi) is 3.74. The molecule has 1 atom stereocenters. The number of ether oxygens (including phenoxy) is 1. The van der Waals surface area contributed by atoms with Crippen LogP contribution in [0, 0.1) is 0 Å². The van der Waals surface area contributed by atoms with Crippen LogP contribution in [0.5, 0.6) is 0 Å². The number of nitrogens with zero attached hydrogens (tertiary/aromatic N) is 3. The Labute approximate surface area is 143 Å². The fourth-order valence-corrected chi connectivity index (χ4v) is 3.17. The highest BCUT2D eigenvalue weighted by Crippen LogP contribution is 2.27. The van der Waals surface area contributed by atoms with Gasteiger partial charge >= 0.3 is 0 Å². The summed E-state index contributed by atoms with van der Waals surface area (Å²) < 4.78 is 7.22. The molecule has 2 aromatic heterocycles. The van der Waals surface area contributed by atoms with Gasteiger partial charge in [-0.05, 0) is 24.6 Å². The predicted octanol–water partition coefficient (Wildman–Crippen LogP) is 2.71. The molecule has 0 spiro atoms. The van der Waals surface area contributed by atoms with Crippen LogP contribution in [0.25, 0.3) is 11.0 Å². The highest BCUT2D eigenvalue weighted by molar-refractivity contribution is 6.31. The molecule has 0 saturated carbocycles. The summed E-state index contributed by atoms with van der Waals surface area (Å²) in [5.41, 5.74) is 2.96. The molecule has 4 rings (SSSR count). The van der Waals surface area contributed by atoms with E-state index in [9.17, 15) is 4.79 Å². The van der Waals surface area contributed by atoms with Gasteiger partial charge in [0.2, 0.25) is 5.95 Å². The minimum absolute atomic E-state index is 0.174. The van der Waals surface area contributed by atoms with E-state index in [2.05, 4.69) is 20.5 Å². The molecule has 124 valence electrons. The molecule has 1 fully saturated rings. The number of rotatable bonds is 3. The standard InChI is InChI=1S/C16H16ClN5O2/c1-22-13-3-2-10(17)6-12(13)19-16(22)20-15(23)11-7-18-21-14(11)9-4-5-24-8-9/h2-3,6-7,9H,4-5,8H2,1H3,(H,18,21)(H,19,20,23). The molecule has 1 aliphatic heterocycles. The van der Waals surface area contributed by atoms with E-state index in [0.29, 0.717) is 29.7 Å². The zero-order valence-corrected chi connectivity index (χ0v) is 13.8. The lowest BCUT2D eigenvalue weighted by atomic mass is 10.0. The largest absolute Gasteiger partial charge is 0.381 e. The number of aromatic nitrogens is 4. The number of benzene rings is 1. The molecule has 8 heteroatoms. The van der Waals surface area contributed by atoms with Gasteiger partial charge in [-0.2, -0.15) is 5.10 Å². The number of nitrogens with one attached hydrogen (secondary N) is 2. The number of halogens is 1. The van der Waals surface area contributed by atoms with Crippen molar-refractivity contribution in [1.82, 2.24) is 19.7 Å². The van der Waals surface area contributed by atoms with E-state index in [1.54, 1.807) is 18.3 Å². The summed E-state index contributed by atoms with van der Waals surface area (Å²) in [6.45, 7) is 1.31. The van der Waals surface area contributed by atoms with E-state index in [4.69, 9.17) is 16.3 Å². The molecule has 0 bridgehead atoms. The molecule has 2 N–H and O–H groups in total. The smallest absolute Gasteiger partial charge is 0.261 e. The van der Waals surface area contributed by atoms with E-state index in [-0.39, 0.29) is 11.8 Å². The number of H-pyrrole nitrogens is 1. The van der Waals surface area contributed by atoms with Crippen molar-refractivity contribution in [2.75, 3.05) is 18.5 Å². The SMILES string of the molecule is Cn1c(NC(=O)c2cn[nH]c2C2CCOC2)nc2cc(Cl)ccc21. The number of hydrogen-bond donors (Lipinski definition) is 2. The monoisotopic (exact) mass is 345 g/mol. The van der Waals surface area contributed by atoms with Gasteiger partial charge < -0.3 is 9.30 Å². The van der Waals surface area contributed by atoms with Gasteiger partial charge in [-0.3, -0.25) is 15.2 Å². The average Bonchev–Trinajstić information content (AvgIpc) is 3.28. The molecule has 0 radical (unpaired) electrons. The zero-order valence-electron chi connectivity index (χ0n) is 13.0. The summed E-state index contributed by atoms with van der Waals surface area (Å²) in [5.74, 6) is 0.398. The van der Waals surface area contributed by atoms with Crippen molar-refractivity contribution in [2.24, 2.45) is 7.05 Å². The van der Waals surface area contributed by atoms with Crippen LogP contribution in [0.2, 0.25) is 5.02 Å². The van der Waals surface area contributed by atoms with Crippen LogP contribution in [0.1, 0.15) is 28.4 Å². The van der Waals surface area contributed by atoms with Gasteiger partial charge in [-0.15, -0.1) is 0 Å². The molecule has 1 unspecified atom stereocenters. The first-order valence-electron chi connectivity index (χ1n) is 7.68. The number of fused-ring (bicyclic) bond motifs is 1. The Morgan fingerprint density at radius 2 is 2.38 bits per heavy atom. The van der Waals surface area contributed by atoms with Crippen LogP contribution in [-0.4, -0.2) is 38.9 Å². The van der Waals surface area contributed by atoms with Gasteiger partial charge in [-0.25, -0.2) is 4.98 Å². The minimum Gasteiger partial charge on any atom is -0.381 e. The molecule has 1 aromatic carbocycles. The second-order valence-corrected chi connectivity index (χ2v) is 6.28. The lowest BCUT2D eigenvalue weighted by Gasteiger charge is -2.09. The Morgan fingerprint density at radius 3 is 3.17 bits per heavy atom. The fourth-order valence-electron chi connectivity index (χ4n) is 3.00. The summed E-state index contributed by atoms with van der Waals surface area (Å²) in [7, 11) is 1.85. The summed E-state index contributed by atoms with van der Waals surface area (Å²) in [5, 5.41) is 10.4. The highest BCUT2D eigenvalue weighted by atomic mass is 35.5. The van der Waals surface area contributed by atoms with Crippen LogP contribution in [0.15, 0.2) is 24.4 Å². The minimum atomic E-state index is -0.241. The quantitative estimate of drug-likeness (QED) is 0.764. The Hall–Kier alpha value is -2.38. The van der Waals surface area contributed by atoms with E-state index >= 15 is 0 Å². The second-order valence-electron chi connectivity index (χ2n) is 5.84. The van der Waals surface area contributed by atoms with Crippen molar-refractivity contribution >= 4 is 34.5 Å². The molecule has 7 nitrogen and oxygen atoms in total. The molecule has 0 aliphatic carbocycles. The third-order valence-electron chi connectivity index (χ3n) is 4.32. The first-order chi connectivity index (χ1) is 11.6. The first kappa shape index (κ1) is 15.2. The van der Waals surface area contributed by atoms with Gasteiger partial charge in [0, 0.05) is 24.6 Å². The molecular weight excluding hydrogens is 330 g/mol. The molecule has 24 heavy (non-hydrogen) atoms. The van der Waals surface area contributed by atoms with Crippen molar-refractivity contribution in [2.45, 2.75) is 12.3 Å². The van der Waals surface area contributed by atoms with Crippen molar-refractivity contribution < 1.29 is 9.53 Å². The van der Waals surface area contributed by atoms with E-state index < -0.39 is 0 Å². The summed E-state index contributed by atoms with van der Waals surface area (Å²) in [6.07, 6.45) is 2.43. The van der Waals surface area contributed by atoms with E-state index in [0.717, 1.165) is 23.1 Å². The number of aromatic amines is 1. The number of carbonyl (C=O) groups excluding carboxylic acids is 1. The lowest BCUT2D eigenvalue weighted by molar-refractivity contribution is 0.102. The lowest BCUT2D eigenvalue weighted by Crippen LogP contribution is -2.17. The van der Waals surface area contributed by atoms with Crippen LogP contribution in [-0.2, 0) is 11.8 Å². The second kappa shape index (κ2) is 5.92. The normalized spacial score (nSPS) is 17.5. The number of carbonyl (C=O) groups is 1. The topological polar surface area (TPSA) is 84.8 Å². The number of anilines is 1. The van der Waals surface area contributed by atoms with Crippen molar-refractivity contribution in [1.29, 1.82) is 0 Å². The maximum atomic E-state index is 12.7. The molecule has 3 aromatic rings. The van der Waals surface area contributed by atoms with Crippen molar-refractivity contribution in [3.8, 4) is 0 Å². The van der Waals surface area contributed by atoms with Crippen molar-refractivity contribution in [3.63, 3.8) is 0 Å². The van der Waals surface area contributed by atoms with Gasteiger partial charge in [0.25, 0.3) is 5.91 Å². The van der Waals surface area contributed by atoms with E-state index in [1.807, 2.05) is 17.7 Å². The maximum Gasteiger partial charge on any atom is 0.261 e. The number of imidazole rings is 1. The number of hydrogen-bond acceptors (Lipinski definition) is 4. The Balaban J connectivity index is 1.63. The summed E-state index contributed by atoms with van der Waals surface area (Å²) in [4.78, 5) is 17.1. The summed E-state index contributed by atoms with van der Waals surface area (Å²) >= 11 is 6.00. The molecule has 1 saturated heterocycles. The number of amides is 1. The third kappa shape index (κ3) is 2.55. The average molecular weight is 346 g/mol. The predicted molar refractivity (Wildman–Crippen MR) is 90.4 cm³/mol. The first-order valence-corrected chi connectivity index (χ1v) is 8.05. The zero-order chi connectivity index (χ0) is 16.7. The van der Waals surface area contributed by atoms with Gasteiger partial charge in [-0.1, -0.05) is 11.6 Å². The highest BCUT2D eigenvalue weighted by Gasteiger charge is 2.25. The number of aryl methyl sites for hydroxylation is 1. The van der Waals surface area contributed by atoms with Gasteiger partial charge in [0.1, 0.15) is 0 Å². The van der Waals surface area contributed by atoms with Gasteiger partial charge in [0.15, 0.2) is 0 Å². The molecule has 3 heterocycles.